The van der Waals surface area contributed by atoms with E-state index >= 15 is 0 Å². The van der Waals surface area contributed by atoms with Gasteiger partial charge in [0.05, 0.1) is 0 Å². The maximum absolute atomic E-state index is 12.3. The third kappa shape index (κ3) is 2.16. The van der Waals surface area contributed by atoms with E-state index in [1.165, 1.54) is 0 Å². The molecule has 13 heavy (non-hydrogen) atoms. The van der Waals surface area contributed by atoms with Crippen LogP contribution in [0.4, 0.5) is 22.0 Å². The Labute approximate surface area is 83.7 Å². The zero-order valence-electron chi connectivity index (χ0n) is 5.43. The van der Waals surface area contributed by atoms with Crippen molar-refractivity contribution in [3.05, 3.63) is 0 Å². The van der Waals surface area contributed by atoms with Crippen molar-refractivity contribution in [3.8, 4) is 0 Å². The summed E-state index contributed by atoms with van der Waals surface area (Å²) in [6.45, 7) is 0. The molecule has 0 amide bonds. The lowest BCUT2D eigenvalue weighted by atomic mass is 10.2. The minimum absolute atomic E-state index is 2.75. The van der Waals surface area contributed by atoms with Crippen molar-refractivity contribution in [3.63, 3.8) is 0 Å². The van der Waals surface area contributed by atoms with Crippen LogP contribution in [0.3, 0.4) is 0 Å². The summed E-state index contributed by atoms with van der Waals surface area (Å²) < 4.78 is 56.4. The fourth-order valence-corrected chi connectivity index (χ4v) is 0.657. The molecule has 1 nitrogen and oxygen atoms in total. The Kier molecular flexibility index (Phi) is 3.45. The second-order valence-corrected chi connectivity index (χ2v) is 3.50. The first-order valence-electron chi connectivity index (χ1n) is 2.47. The first-order chi connectivity index (χ1) is 5.44. The van der Waals surface area contributed by atoms with Crippen molar-refractivity contribution >= 4 is 40.0 Å². The van der Waals surface area contributed by atoms with Gasteiger partial charge < -0.3 is 0 Å². The zero-order valence-corrected chi connectivity index (χ0v) is 7.70. The maximum atomic E-state index is 12.3. The van der Waals surface area contributed by atoms with Crippen molar-refractivity contribution < 1.29 is 26.7 Å². The minimum Gasteiger partial charge on any atom is -0.274 e. The summed E-state index contributed by atoms with van der Waals surface area (Å²) in [5.41, 5.74) is 0. The molecule has 9 heteroatoms. The molecule has 0 spiro atoms. The molecule has 0 aromatic carbocycles. The molecule has 0 fully saturated rings. The first-order valence-corrected chi connectivity index (χ1v) is 3.60. The molecule has 0 rings (SSSR count). The largest absolute Gasteiger partial charge is 0.387 e. The van der Waals surface area contributed by atoms with E-state index in [1.54, 1.807) is 0 Å². The van der Waals surface area contributed by atoms with Gasteiger partial charge in [0.1, 0.15) is 0 Å². The summed E-state index contributed by atoms with van der Waals surface area (Å²) in [5, 5.41) is -2.75. The first kappa shape index (κ1) is 13.2. The highest BCUT2D eigenvalue weighted by Crippen LogP contribution is 2.49. The van der Waals surface area contributed by atoms with Crippen molar-refractivity contribution in [2.75, 3.05) is 0 Å². The Morgan fingerprint density at radius 3 is 1.38 bits per heavy atom. The van der Waals surface area contributed by atoms with E-state index < -0.39 is 21.7 Å². The molecule has 0 heterocycles. The van der Waals surface area contributed by atoms with Crippen LogP contribution in [0.25, 0.3) is 0 Å². The topological polar surface area (TPSA) is 17.1 Å². The van der Waals surface area contributed by atoms with E-state index in [0.29, 0.717) is 0 Å². The molecular weight excluding hydrogens is 265 g/mol. The lowest BCUT2D eigenvalue weighted by molar-refractivity contribution is -0.221. The van der Waals surface area contributed by atoms with Gasteiger partial charge in [0.2, 0.25) is 0 Å². The molecule has 0 radical (unpaired) electrons. The molecule has 0 N–H and O–H groups in total. The van der Waals surface area contributed by atoms with Crippen molar-refractivity contribution in [1.29, 1.82) is 0 Å². The zero-order chi connectivity index (χ0) is 11.1. The van der Waals surface area contributed by atoms with E-state index in [-0.39, 0.29) is 0 Å². The van der Waals surface area contributed by atoms with Gasteiger partial charge in [-0.1, -0.05) is 23.2 Å². The van der Waals surface area contributed by atoms with Gasteiger partial charge in [-0.2, -0.15) is 17.6 Å². The van der Waals surface area contributed by atoms with Gasteiger partial charge in [-0.15, -0.1) is 0 Å². The average molecular weight is 265 g/mol. The number of halogens is 8. The fraction of sp³-hybridized carbons (Fsp3) is 0.750. The van der Waals surface area contributed by atoms with E-state index in [0.717, 1.165) is 0 Å². The van der Waals surface area contributed by atoms with Crippen molar-refractivity contribution in [2.24, 2.45) is 0 Å². The minimum atomic E-state index is -5.60. The second-order valence-electron chi connectivity index (χ2n) is 1.92. The molecule has 0 aliphatic carbocycles. The summed E-state index contributed by atoms with van der Waals surface area (Å²) in [6.07, 6.45) is 0. The van der Waals surface area contributed by atoms with E-state index in [2.05, 4.69) is 34.8 Å². The lowest BCUT2D eigenvalue weighted by Gasteiger charge is -2.27. The number of rotatable bonds is 3. The Morgan fingerprint density at radius 2 is 1.31 bits per heavy atom. The molecular formula is C4Cl3F5O. The van der Waals surface area contributed by atoms with Crippen molar-refractivity contribution in [2.45, 2.75) is 16.4 Å². The summed E-state index contributed by atoms with van der Waals surface area (Å²) in [5.74, 6) is -11.1. The normalized spacial score (nSPS) is 14.5. The van der Waals surface area contributed by atoms with Crippen LogP contribution < -0.4 is 0 Å². The Hall–Kier alpha value is 0.190. The van der Waals surface area contributed by atoms with Gasteiger partial charge in [0.25, 0.3) is 5.24 Å². The molecule has 0 unspecified atom stereocenters. The quantitative estimate of drug-likeness (QED) is 0.435. The van der Waals surface area contributed by atoms with E-state index in [9.17, 15) is 26.7 Å². The van der Waals surface area contributed by atoms with Crippen LogP contribution in [-0.2, 0) is 4.79 Å². The summed E-state index contributed by atoms with van der Waals surface area (Å²) in [4.78, 5) is 9.81. The maximum Gasteiger partial charge on any atom is 0.387 e. The van der Waals surface area contributed by atoms with Crippen LogP contribution in [0.15, 0.2) is 0 Å². The average Bonchev–Trinajstić information content (AvgIpc) is 1.84. The Morgan fingerprint density at radius 1 is 1.00 bits per heavy atom. The van der Waals surface area contributed by atoms with Crippen LogP contribution in [0.1, 0.15) is 0 Å². The highest BCUT2D eigenvalue weighted by atomic mass is 35.5. The summed E-state index contributed by atoms with van der Waals surface area (Å²) in [6, 6.07) is 0. The van der Waals surface area contributed by atoms with Gasteiger partial charge in [0, 0.05) is 0 Å². The standard InChI is InChI=1S/C4Cl3F5O/c5-1(13)2(8,9)3(10,11)4(6,7)12. The molecule has 0 saturated carbocycles. The molecule has 78 valence electrons. The van der Waals surface area contributed by atoms with Gasteiger partial charge in [-0.25, -0.2) is 4.39 Å². The summed E-state index contributed by atoms with van der Waals surface area (Å²) in [7, 11) is 0. The third-order valence-corrected chi connectivity index (χ3v) is 1.71. The van der Waals surface area contributed by atoms with Crippen LogP contribution in [-0.4, -0.2) is 21.7 Å². The monoisotopic (exact) mass is 264 g/mol. The molecule has 0 aromatic heterocycles. The van der Waals surface area contributed by atoms with Gasteiger partial charge in [0.15, 0.2) is 0 Å². The second kappa shape index (κ2) is 3.40. The molecule has 0 aromatic rings. The van der Waals surface area contributed by atoms with Crippen LogP contribution >= 0.6 is 34.8 Å². The van der Waals surface area contributed by atoms with Crippen molar-refractivity contribution in [1.82, 2.24) is 0 Å². The lowest BCUT2D eigenvalue weighted by Crippen LogP contribution is -2.53. The van der Waals surface area contributed by atoms with E-state index in [1.807, 2.05) is 0 Å². The number of carbonyl (C=O) groups excluding carboxylic acids is 1. The Balaban J connectivity index is 5.16. The van der Waals surface area contributed by atoms with Gasteiger partial charge in [-0.3, -0.25) is 4.79 Å². The number of hydrogen-bond acceptors (Lipinski definition) is 1. The SMILES string of the molecule is O=C(Cl)C(F)(F)C(F)(F)C(F)(Cl)Cl. The molecule has 0 atom stereocenters. The summed E-state index contributed by atoms with van der Waals surface area (Å²) >= 11 is 12.3. The molecule has 0 aliphatic heterocycles. The highest BCUT2D eigenvalue weighted by molar-refractivity contribution is 6.65. The predicted molar refractivity (Wildman–Crippen MR) is 36.3 cm³/mol. The third-order valence-electron chi connectivity index (χ3n) is 0.997. The van der Waals surface area contributed by atoms with Gasteiger partial charge >= 0.3 is 16.4 Å². The van der Waals surface area contributed by atoms with Gasteiger partial charge in [-0.05, 0) is 11.6 Å². The fourth-order valence-electron chi connectivity index (χ4n) is 0.301. The van der Waals surface area contributed by atoms with E-state index in [4.69, 9.17) is 0 Å². The number of carbonyl (C=O) groups is 1. The van der Waals surface area contributed by atoms with Crippen LogP contribution in [0.2, 0.25) is 0 Å². The van der Waals surface area contributed by atoms with Crippen LogP contribution in [0, 0.1) is 0 Å². The smallest absolute Gasteiger partial charge is 0.274 e. The number of hydrogen-bond donors (Lipinski definition) is 0. The molecule has 0 aliphatic rings. The Bertz CT molecular complexity index is 222. The predicted octanol–water partition coefficient (Wildman–Crippen LogP) is 3.12. The van der Waals surface area contributed by atoms with Crippen LogP contribution in [0.5, 0.6) is 0 Å². The molecule has 0 saturated heterocycles. The molecule has 0 bridgehead atoms. The number of alkyl halides is 7. The highest BCUT2D eigenvalue weighted by Gasteiger charge is 2.72.